The number of aliphatic hydroxyl groups excluding tert-OH is 1. The van der Waals surface area contributed by atoms with E-state index < -0.39 is 6.10 Å². The summed E-state index contributed by atoms with van der Waals surface area (Å²) in [4.78, 5) is 8.24. The number of fused-ring (bicyclic) bond motifs is 3. The van der Waals surface area contributed by atoms with Gasteiger partial charge in [0.25, 0.3) is 0 Å². The Kier molecular flexibility index (Phi) is 2.82. The Morgan fingerprint density at radius 3 is 2.76 bits per heavy atom. The zero-order chi connectivity index (χ0) is 14.2. The molecule has 1 aliphatic heterocycles. The third-order valence-corrected chi connectivity index (χ3v) is 4.15. The van der Waals surface area contributed by atoms with Gasteiger partial charge >= 0.3 is 0 Å². The number of aliphatic hydroxyl groups is 1. The van der Waals surface area contributed by atoms with E-state index in [1.165, 1.54) is 5.56 Å². The molecule has 0 bridgehead atoms. The molecule has 2 atom stereocenters. The average Bonchev–Trinajstić information content (AvgIpc) is 3.11. The number of nitrogens with zero attached hydrogens (tertiary/aromatic N) is 3. The number of aromatic nitrogens is 3. The molecule has 0 saturated carbocycles. The van der Waals surface area contributed by atoms with Gasteiger partial charge in [0, 0.05) is 24.5 Å². The second kappa shape index (κ2) is 4.82. The first kappa shape index (κ1) is 12.3. The largest absolute Gasteiger partial charge is 0.388 e. The molecule has 2 unspecified atom stereocenters. The molecule has 1 aromatic carbocycles. The minimum atomic E-state index is -0.507. The Morgan fingerprint density at radius 2 is 1.90 bits per heavy atom. The van der Waals surface area contributed by atoms with Crippen LogP contribution in [0, 0.1) is 0 Å². The van der Waals surface area contributed by atoms with Crippen LogP contribution in [0.1, 0.15) is 35.3 Å². The van der Waals surface area contributed by atoms with E-state index in [2.05, 4.69) is 26.7 Å². The quantitative estimate of drug-likeness (QED) is 0.801. The first-order chi connectivity index (χ1) is 10.3. The van der Waals surface area contributed by atoms with Crippen molar-refractivity contribution in [2.45, 2.75) is 18.4 Å². The van der Waals surface area contributed by atoms with Gasteiger partial charge in [-0.1, -0.05) is 18.2 Å². The van der Waals surface area contributed by atoms with E-state index in [0.29, 0.717) is 6.42 Å². The molecule has 0 fully saturated rings. The second-order valence-corrected chi connectivity index (χ2v) is 5.33. The third kappa shape index (κ3) is 1.96. The van der Waals surface area contributed by atoms with E-state index in [0.717, 1.165) is 16.9 Å². The number of imidazole rings is 1. The minimum absolute atomic E-state index is 0.173. The molecule has 0 spiro atoms. The molecular formula is C17H15N3O. The molecule has 21 heavy (non-hydrogen) atoms. The van der Waals surface area contributed by atoms with Crippen LogP contribution in [0.5, 0.6) is 0 Å². The molecule has 3 heterocycles. The normalized spacial score (nSPS) is 17.3. The average molecular weight is 277 g/mol. The van der Waals surface area contributed by atoms with E-state index in [1.54, 1.807) is 12.4 Å². The molecule has 104 valence electrons. The number of benzene rings is 1. The Balaban J connectivity index is 1.70. The highest BCUT2D eigenvalue weighted by Gasteiger charge is 2.30. The summed E-state index contributed by atoms with van der Waals surface area (Å²) in [6.45, 7) is 0. The van der Waals surface area contributed by atoms with E-state index in [1.807, 2.05) is 36.8 Å². The minimum Gasteiger partial charge on any atom is -0.388 e. The van der Waals surface area contributed by atoms with Crippen molar-refractivity contribution in [3.8, 4) is 5.69 Å². The molecule has 0 saturated heterocycles. The van der Waals surface area contributed by atoms with Crippen molar-refractivity contribution < 1.29 is 5.11 Å². The first-order valence-electron chi connectivity index (χ1n) is 7.04. The molecular weight excluding hydrogens is 262 g/mol. The fourth-order valence-corrected chi connectivity index (χ4v) is 3.12. The van der Waals surface area contributed by atoms with Crippen molar-refractivity contribution in [2.75, 3.05) is 0 Å². The molecule has 4 heteroatoms. The zero-order valence-electron chi connectivity index (χ0n) is 11.4. The highest BCUT2D eigenvalue weighted by atomic mass is 16.3. The number of hydrogen-bond acceptors (Lipinski definition) is 3. The van der Waals surface area contributed by atoms with Crippen molar-refractivity contribution in [1.29, 1.82) is 0 Å². The third-order valence-electron chi connectivity index (χ3n) is 4.15. The Hall–Kier alpha value is -2.46. The molecule has 2 aromatic heterocycles. The van der Waals surface area contributed by atoms with Gasteiger partial charge in [-0.05, 0) is 35.7 Å². The summed E-state index contributed by atoms with van der Waals surface area (Å²) in [6.07, 6.45) is 7.30. The smallest absolute Gasteiger partial charge is 0.0994 e. The molecule has 4 rings (SSSR count). The SMILES string of the molecule is OC(CC1c2ccccc2-n2cncc21)c1ccncc1. The highest BCUT2D eigenvalue weighted by Crippen LogP contribution is 2.42. The molecule has 1 N–H and O–H groups in total. The maximum Gasteiger partial charge on any atom is 0.0994 e. The van der Waals surface area contributed by atoms with Crippen molar-refractivity contribution >= 4 is 0 Å². The maximum absolute atomic E-state index is 10.5. The van der Waals surface area contributed by atoms with Gasteiger partial charge < -0.3 is 9.67 Å². The summed E-state index contributed by atoms with van der Waals surface area (Å²) in [5.74, 6) is 0.173. The van der Waals surface area contributed by atoms with Crippen LogP contribution in [0.4, 0.5) is 0 Å². The lowest BCUT2D eigenvalue weighted by molar-refractivity contribution is 0.162. The number of hydrogen-bond donors (Lipinski definition) is 1. The second-order valence-electron chi connectivity index (χ2n) is 5.33. The summed E-state index contributed by atoms with van der Waals surface area (Å²) in [7, 11) is 0. The summed E-state index contributed by atoms with van der Waals surface area (Å²) >= 11 is 0. The maximum atomic E-state index is 10.5. The van der Waals surface area contributed by atoms with Gasteiger partial charge in [-0.2, -0.15) is 0 Å². The topological polar surface area (TPSA) is 50.9 Å². The van der Waals surface area contributed by atoms with Crippen LogP contribution in [0.15, 0.2) is 61.3 Å². The standard InChI is InChI=1S/C17H15N3O/c21-17(12-5-7-18-8-6-12)9-14-13-3-1-2-4-15(13)20-11-19-10-16(14)20/h1-8,10-11,14,17,21H,9H2. The Morgan fingerprint density at radius 1 is 1.10 bits per heavy atom. The Bertz CT molecular complexity index is 766. The molecule has 4 nitrogen and oxygen atoms in total. The molecule has 0 amide bonds. The lowest BCUT2D eigenvalue weighted by atomic mass is 9.90. The monoisotopic (exact) mass is 277 g/mol. The van der Waals surface area contributed by atoms with E-state index in [4.69, 9.17) is 0 Å². The van der Waals surface area contributed by atoms with Crippen LogP contribution >= 0.6 is 0 Å². The van der Waals surface area contributed by atoms with Crippen LogP contribution < -0.4 is 0 Å². The van der Waals surface area contributed by atoms with Crippen LogP contribution in [0.3, 0.4) is 0 Å². The fourth-order valence-electron chi connectivity index (χ4n) is 3.12. The van der Waals surface area contributed by atoms with Crippen molar-refractivity contribution in [2.24, 2.45) is 0 Å². The predicted molar refractivity (Wildman–Crippen MR) is 79.2 cm³/mol. The lowest BCUT2D eigenvalue weighted by Crippen LogP contribution is -2.05. The summed E-state index contributed by atoms with van der Waals surface area (Å²) in [6, 6.07) is 12.0. The van der Waals surface area contributed by atoms with Crippen molar-refractivity contribution in [1.82, 2.24) is 14.5 Å². The van der Waals surface area contributed by atoms with Gasteiger partial charge in [0.05, 0.1) is 23.8 Å². The Labute approximate surface area is 122 Å². The zero-order valence-corrected chi connectivity index (χ0v) is 11.4. The van der Waals surface area contributed by atoms with Crippen molar-refractivity contribution in [3.63, 3.8) is 0 Å². The lowest BCUT2D eigenvalue weighted by Gasteiger charge is -2.16. The van der Waals surface area contributed by atoms with Crippen LogP contribution in [-0.2, 0) is 0 Å². The molecule has 0 radical (unpaired) electrons. The van der Waals surface area contributed by atoms with Crippen LogP contribution in [0.2, 0.25) is 0 Å². The molecule has 0 aliphatic carbocycles. The van der Waals surface area contributed by atoms with Gasteiger partial charge in [0.1, 0.15) is 0 Å². The van der Waals surface area contributed by atoms with Gasteiger partial charge in [-0.25, -0.2) is 4.98 Å². The predicted octanol–water partition coefficient (Wildman–Crippen LogP) is 2.84. The highest BCUT2D eigenvalue weighted by molar-refractivity contribution is 5.53. The number of pyridine rings is 1. The van der Waals surface area contributed by atoms with Crippen LogP contribution in [0.25, 0.3) is 5.69 Å². The summed E-state index contributed by atoms with van der Waals surface area (Å²) in [5.41, 5.74) is 4.46. The molecule has 1 aliphatic rings. The summed E-state index contributed by atoms with van der Waals surface area (Å²) < 4.78 is 2.11. The van der Waals surface area contributed by atoms with Gasteiger partial charge in [-0.15, -0.1) is 0 Å². The van der Waals surface area contributed by atoms with E-state index in [-0.39, 0.29) is 5.92 Å². The number of rotatable bonds is 3. The van der Waals surface area contributed by atoms with E-state index in [9.17, 15) is 5.11 Å². The van der Waals surface area contributed by atoms with Crippen molar-refractivity contribution in [3.05, 3.63) is 78.1 Å². The fraction of sp³-hybridized carbons (Fsp3) is 0.176. The van der Waals surface area contributed by atoms with Gasteiger partial charge in [-0.3, -0.25) is 4.98 Å². The van der Waals surface area contributed by atoms with Gasteiger partial charge in [0.2, 0.25) is 0 Å². The van der Waals surface area contributed by atoms with Gasteiger partial charge in [0.15, 0.2) is 0 Å². The summed E-state index contributed by atoms with van der Waals surface area (Å²) in [5, 5.41) is 10.5. The molecule has 3 aromatic rings. The number of para-hydroxylation sites is 1. The first-order valence-corrected chi connectivity index (χ1v) is 7.04. The van der Waals surface area contributed by atoms with Crippen LogP contribution in [-0.4, -0.2) is 19.6 Å². The van der Waals surface area contributed by atoms with E-state index >= 15 is 0 Å².